The van der Waals surface area contributed by atoms with Crippen molar-refractivity contribution in [3.63, 3.8) is 0 Å². The summed E-state index contributed by atoms with van der Waals surface area (Å²) in [6.07, 6.45) is 1.78. The van der Waals surface area contributed by atoms with Gasteiger partial charge in [-0.25, -0.2) is 4.99 Å². The van der Waals surface area contributed by atoms with Crippen LogP contribution in [-0.2, 0) is 16.1 Å². The van der Waals surface area contributed by atoms with Gasteiger partial charge in [-0.2, -0.15) is 0 Å². The Morgan fingerprint density at radius 2 is 1.92 bits per heavy atom. The van der Waals surface area contributed by atoms with Crippen molar-refractivity contribution < 1.29 is 14.3 Å². The highest BCUT2D eigenvalue weighted by Crippen LogP contribution is 2.19. The number of carbonyl (C=O) groups is 1. The Morgan fingerprint density at radius 3 is 2.46 bits per heavy atom. The van der Waals surface area contributed by atoms with Crippen LogP contribution in [0.1, 0.15) is 39.2 Å². The Balaban J connectivity index is 1.95. The van der Waals surface area contributed by atoms with Gasteiger partial charge in [-0.3, -0.25) is 4.79 Å². The molecule has 0 radical (unpaired) electrons. The van der Waals surface area contributed by atoms with Gasteiger partial charge in [0.15, 0.2) is 5.96 Å². The summed E-state index contributed by atoms with van der Waals surface area (Å²) < 4.78 is 10.5. The van der Waals surface area contributed by atoms with Gasteiger partial charge in [0.1, 0.15) is 5.75 Å². The number of esters is 1. The Morgan fingerprint density at radius 1 is 1.27 bits per heavy atom. The topological polar surface area (TPSA) is 63.2 Å². The first-order valence-corrected chi connectivity index (χ1v) is 9.40. The molecule has 26 heavy (non-hydrogen) atoms. The number of guanidine groups is 1. The Hall–Kier alpha value is -2.24. The van der Waals surface area contributed by atoms with Crippen LogP contribution in [0.4, 0.5) is 0 Å². The molecule has 1 aromatic carbocycles. The van der Waals surface area contributed by atoms with E-state index in [2.05, 4.69) is 17.1 Å². The number of aliphatic imine (C=N–C) groups is 1. The summed E-state index contributed by atoms with van der Waals surface area (Å²) in [6.45, 7) is 9.15. The third kappa shape index (κ3) is 5.93. The number of carbonyl (C=O) groups excluding carboxylic acids is 1. The number of rotatable bonds is 6. The van der Waals surface area contributed by atoms with E-state index in [1.54, 1.807) is 0 Å². The number of hydrogen-bond donors (Lipinski definition) is 1. The number of hydrogen-bond acceptors (Lipinski definition) is 4. The molecule has 1 aliphatic rings. The standard InChI is InChI=1S/C20H31N3O3/c1-5-21-20(23-12-10-17(11-13-23)19(24)25-4)22-14-16-6-8-18(9-7-16)26-15(2)3/h6-9,15,17H,5,10-14H2,1-4H3,(H,21,22). The molecule has 144 valence electrons. The van der Waals surface area contributed by atoms with Crippen LogP contribution in [0.3, 0.4) is 0 Å². The summed E-state index contributed by atoms with van der Waals surface area (Å²) in [5.74, 6) is 1.69. The van der Waals surface area contributed by atoms with E-state index >= 15 is 0 Å². The number of piperidine rings is 1. The fourth-order valence-corrected chi connectivity index (χ4v) is 3.03. The molecule has 6 heteroatoms. The van der Waals surface area contributed by atoms with Crippen molar-refractivity contribution in [2.75, 3.05) is 26.7 Å². The summed E-state index contributed by atoms with van der Waals surface area (Å²) in [7, 11) is 1.46. The van der Waals surface area contributed by atoms with Crippen LogP contribution in [-0.4, -0.2) is 49.7 Å². The zero-order valence-electron chi connectivity index (χ0n) is 16.3. The summed E-state index contributed by atoms with van der Waals surface area (Å²) in [5, 5.41) is 3.35. The van der Waals surface area contributed by atoms with Crippen molar-refractivity contribution in [2.45, 2.75) is 46.3 Å². The third-order valence-electron chi connectivity index (χ3n) is 4.37. The molecule has 1 aliphatic heterocycles. The van der Waals surface area contributed by atoms with Gasteiger partial charge < -0.3 is 19.7 Å². The molecule has 0 aliphatic carbocycles. The van der Waals surface area contributed by atoms with Crippen LogP contribution in [0.2, 0.25) is 0 Å². The fraction of sp³-hybridized carbons (Fsp3) is 0.600. The lowest BCUT2D eigenvalue weighted by molar-refractivity contribution is -0.146. The molecule has 6 nitrogen and oxygen atoms in total. The normalized spacial score (nSPS) is 15.9. The number of ether oxygens (including phenoxy) is 2. The van der Waals surface area contributed by atoms with Gasteiger partial charge in [0.2, 0.25) is 0 Å². The molecular weight excluding hydrogens is 330 g/mol. The van der Waals surface area contributed by atoms with Crippen LogP contribution in [0.5, 0.6) is 5.75 Å². The third-order valence-corrected chi connectivity index (χ3v) is 4.37. The smallest absolute Gasteiger partial charge is 0.308 e. The molecule has 1 heterocycles. The maximum Gasteiger partial charge on any atom is 0.308 e. The predicted octanol–water partition coefficient (Wildman–Crippen LogP) is 2.82. The molecule has 0 atom stereocenters. The Bertz CT molecular complexity index is 591. The monoisotopic (exact) mass is 361 g/mol. The average Bonchev–Trinajstić information content (AvgIpc) is 2.65. The number of methoxy groups -OCH3 is 1. The van der Waals surface area contributed by atoms with Gasteiger partial charge in [-0.1, -0.05) is 12.1 Å². The van der Waals surface area contributed by atoms with Gasteiger partial charge in [-0.05, 0) is 51.3 Å². The van der Waals surface area contributed by atoms with Crippen molar-refractivity contribution in [3.8, 4) is 5.75 Å². The van der Waals surface area contributed by atoms with Crippen molar-refractivity contribution in [2.24, 2.45) is 10.9 Å². The lowest BCUT2D eigenvalue weighted by atomic mass is 9.97. The summed E-state index contributed by atoms with van der Waals surface area (Å²) in [6, 6.07) is 8.07. The lowest BCUT2D eigenvalue weighted by Crippen LogP contribution is -2.46. The Kier molecular flexibility index (Phi) is 7.75. The quantitative estimate of drug-likeness (QED) is 0.480. The largest absolute Gasteiger partial charge is 0.491 e. The summed E-state index contributed by atoms with van der Waals surface area (Å²) in [4.78, 5) is 18.7. The maximum atomic E-state index is 11.7. The highest BCUT2D eigenvalue weighted by molar-refractivity contribution is 5.80. The Labute approximate surface area is 156 Å². The number of benzene rings is 1. The van der Waals surface area contributed by atoms with Crippen molar-refractivity contribution in [3.05, 3.63) is 29.8 Å². The second-order valence-electron chi connectivity index (χ2n) is 6.77. The number of nitrogens with zero attached hydrogens (tertiary/aromatic N) is 2. The van der Waals surface area contributed by atoms with Gasteiger partial charge >= 0.3 is 5.97 Å². The molecule has 0 aromatic heterocycles. The average molecular weight is 361 g/mol. The highest BCUT2D eigenvalue weighted by Gasteiger charge is 2.26. The molecular formula is C20H31N3O3. The zero-order valence-corrected chi connectivity index (χ0v) is 16.3. The van der Waals surface area contributed by atoms with Gasteiger partial charge in [0.25, 0.3) is 0 Å². The minimum absolute atomic E-state index is 0.00706. The molecule has 1 fully saturated rings. The van der Waals surface area contributed by atoms with E-state index in [1.165, 1.54) is 7.11 Å². The fourth-order valence-electron chi connectivity index (χ4n) is 3.03. The van der Waals surface area contributed by atoms with Crippen LogP contribution in [0.15, 0.2) is 29.3 Å². The summed E-state index contributed by atoms with van der Waals surface area (Å²) in [5.41, 5.74) is 1.14. The van der Waals surface area contributed by atoms with E-state index in [1.807, 2.05) is 38.1 Å². The molecule has 0 bridgehead atoms. The van der Waals surface area contributed by atoms with Crippen LogP contribution in [0.25, 0.3) is 0 Å². The lowest BCUT2D eigenvalue weighted by Gasteiger charge is -2.33. The molecule has 1 N–H and O–H groups in total. The molecule has 2 rings (SSSR count). The predicted molar refractivity (Wildman–Crippen MR) is 103 cm³/mol. The van der Waals surface area contributed by atoms with E-state index < -0.39 is 0 Å². The summed E-state index contributed by atoms with van der Waals surface area (Å²) >= 11 is 0. The molecule has 1 aromatic rings. The van der Waals surface area contributed by atoms with Gasteiger partial charge in [0.05, 0.1) is 25.7 Å². The number of likely N-dealkylation sites (tertiary alicyclic amines) is 1. The SMILES string of the molecule is CCNC(=NCc1ccc(OC(C)C)cc1)N1CCC(C(=O)OC)CC1. The first-order valence-electron chi connectivity index (χ1n) is 9.40. The minimum atomic E-state index is -0.102. The highest BCUT2D eigenvalue weighted by atomic mass is 16.5. The first kappa shape index (κ1) is 20.1. The maximum absolute atomic E-state index is 11.7. The van der Waals surface area contributed by atoms with Crippen molar-refractivity contribution in [1.29, 1.82) is 0 Å². The molecule has 1 saturated heterocycles. The van der Waals surface area contributed by atoms with E-state index in [4.69, 9.17) is 14.5 Å². The van der Waals surface area contributed by atoms with E-state index in [0.29, 0.717) is 6.54 Å². The second-order valence-corrected chi connectivity index (χ2v) is 6.77. The molecule has 0 unspecified atom stereocenters. The minimum Gasteiger partial charge on any atom is -0.491 e. The van der Waals surface area contributed by atoms with E-state index in [-0.39, 0.29) is 18.0 Å². The first-order chi connectivity index (χ1) is 12.5. The second kappa shape index (κ2) is 10.0. The van der Waals surface area contributed by atoms with E-state index in [9.17, 15) is 4.79 Å². The number of nitrogens with one attached hydrogen (secondary N) is 1. The zero-order chi connectivity index (χ0) is 18.9. The van der Waals surface area contributed by atoms with Gasteiger partial charge in [0, 0.05) is 19.6 Å². The van der Waals surface area contributed by atoms with Crippen LogP contribution < -0.4 is 10.1 Å². The molecule has 0 amide bonds. The van der Waals surface area contributed by atoms with E-state index in [0.717, 1.165) is 49.7 Å². The van der Waals surface area contributed by atoms with Gasteiger partial charge in [-0.15, -0.1) is 0 Å². The molecule has 0 spiro atoms. The van der Waals surface area contributed by atoms with Crippen LogP contribution >= 0.6 is 0 Å². The molecule has 0 saturated carbocycles. The van der Waals surface area contributed by atoms with Crippen LogP contribution in [0, 0.1) is 5.92 Å². The van der Waals surface area contributed by atoms with Crippen molar-refractivity contribution in [1.82, 2.24) is 10.2 Å². The van der Waals surface area contributed by atoms with Crippen molar-refractivity contribution >= 4 is 11.9 Å².